The zero-order valence-corrected chi connectivity index (χ0v) is 13.4. The largest absolute Gasteiger partial charge is 0.395 e. The minimum Gasteiger partial charge on any atom is -0.395 e. The van der Waals surface area contributed by atoms with Gasteiger partial charge in [-0.15, -0.1) is 0 Å². The minimum atomic E-state index is -0.533. The van der Waals surface area contributed by atoms with Crippen LogP contribution in [-0.2, 0) is 0 Å². The molecular formula is C18H18F2N2O3. The first-order valence-electron chi connectivity index (χ1n) is 7.70. The molecule has 25 heavy (non-hydrogen) atoms. The second kappa shape index (κ2) is 8.89. The van der Waals surface area contributed by atoms with Crippen molar-refractivity contribution < 1.29 is 23.5 Å². The standard InChI is InChI=1S/C18H18F2N2O3/c19-15-5-1-3-13(11-15)17(24)21-7-8-22(9-10-23)18(25)14-4-2-6-16(20)12-14/h1-6,11-12,23H,7-10H2,(H,21,24). The van der Waals surface area contributed by atoms with Crippen LogP contribution in [0.25, 0.3) is 0 Å². The van der Waals surface area contributed by atoms with Crippen molar-refractivity contribution in [1.82, 2.24) is 10.2 Å². The van der Waals surface area contributed by atoms with Crippen molar-refractivity contribution in [2.24, 2.45) is 0 Å². The fourth-order valence-electron chi connectivity index (χ4n) is 2.28. The maximum Gasteiger partial charge on any atom is 0.254 e. The molecule has 0 fully saturated rings. The van der Waals surface area contributed by atoms with Crippen LogP contribution < -0.4 is 5.32 Å². The zero-order chi connectivity index (χ0) is 18.2. The van der Waals surface area contributed by atoms with Crippen LogP contribution in [0.2, 0.25) is 0 Å². The van der Waals surface area contributed by atoms with Crippen LogP contribution in [0.1, 0.15) is 20.7 Å². The molecule has 0 heterocycles. The molecule has 0 atom stereocenters. The van der Waals surface area contributed by atoms with Crippen molar-refractivity contribution in [3.63, 3.8) is 0 Å². The van der Waals surface area contributed by atoms with Crippen molar-refractivity contribution in [3.8, 4) is 0 Å². The maximum atomic E-state index is 13.2. The Morgan fingerprint density at radius 1 is 0.960 bits per heavy atom. The third-order valence-corrected chi connectivity index (χ3v) is 3.48. The molecule has 0 bridgehead atoms. The van der Waals surface area contributed by atoms with E-state index in [-0.39, 0.29) is 37.4 Å². The highest BCUT2D eigenvalue weighted by Crippen LogP contribution is 2.08. The van der Waals surface area contributed by atoms with Crippen LogP contribution in [0.5, 0.6) is 0 Å². The summed E-state index contributed by atoms with van der Waals surface area (Å²) in [6, 6.07) is 10.5. The average molecular weight is 348 g/mol. The van der Waals surface area contributed by atoms with E-state index in [0.29, 0.717) is 0 Å². The molecule has 0 aliphatic rings. The smallest absolute Gasteiger partial charge is 0.254 e. The van der Waals surface area contributed by atoms with Gasteiger partial charge in [0.15, 0.2) is 0 Å². The molecule has 0 unspecified atom stereocenters. The first-order valence-corrected chi connectivity index (χ1v) is 7.70. The Morgan fingerprint density at radius 2 is 1.56 bits per heavy atom. The lowest BCUT2D eigenvalue weighted by atomic mass is 10.2. The van der Waals surface area contributed by atoms with Crippen molar-refractivity contribution in [2.45, 2.75) is 0 Å². The van der Waals surface area contributed by atoms with Gasteiger partial charge >= 0.3 is 0 Å². The summed E-state index contributed by atoms with van der Waals surface area (Å²) in [6.45, 7) is 0.0114. The Hall–Kier alpha value is -2.80. The molecule has 2 N–H and O–H groups in total. The van der Waals surface area contributed by atoms with Crippen LogP contribution in [0.4, 0.5) is 8.78 Å². The summed E-state index contributed by atoms with van der Waals surface area (Å²) in [5, 5.41) is 11.7. The number of carbonyl (C=O) groups is 2. The molecule has 2 aromatic carbocycles. The molecule has 2 aromatic rings. The summed E-state index contributed by atoms with van der Waals surface area (Å²) in [4.78, 5) is 25.6. The number of aliphatic hydroxyl groups excluding tert-OH is 1. The Bertz CT molecular complexity index is 753. The number of carbonyl (C=O) groups excluding carboxylic acids is 2. The number of hydrogen-bond donors (Lipinski definition) is 2. The first-order chi connectivity index (χ1) is 12.0. The van der Waals surface area contributed by atoms with E-state index in [0.717, 1.165) is 12.1 Å². The quantitative estimate of drug-likeness (QED) is 0.802. The molecule has 0 aliphatic carbocycles. The monoisotopic (exact) mass is 348 g/mol. The zero-order valence-electron chi connectivity index (χ0n) is 13.4. The van der Waals surface area contributed by atoms with E-state index in [1.165, 1.54) is 41.3 Å². The third-order valence-electron chi connectivity index (χ3n) is 3.48. The van der Waals surface area contributed by atoms with Gasteiger partial charge in [-0.25, -0.2) is 8.78 Å². The Kier molecular flexibility index (Phi) is 6.59. The molecule has 0 aromatic heterocycles. The van der Waals surface area contributed by atoms with Gasteiger partial charge < -0.3 is 15.3 Å². The van der Waals surface area contributed by atoms with Gasteiger partial charge in [0.25, 0.3) is 11.8 Å². The van der Waals surface area contributed by atoms with Gasteiger partial charge in [0.1, 0.15) is 11.6 Å². The number of amides is 2. The van der Waals surface area contributed by atoms with E-state index in [4.69, 9.17) is 5.11 Å². The summed E-state index contributed by atoms with van der Waals surface area (Å²) < 4.78 is 26.4. The highest BCUT2D eigenvalue weighted by molar-refractivity contribution is 5.95. The summed E-state index contributed by atoms with van der Waals surface area (Å²) in [5.41, 5.74) is 0.329. The molecule has 0 saturated heterocycles. The van der Waals surface area contributed by atoms with E-state index in [9.17, 15) is 18.4 Å². The van der Waals surface area contributed by atoms with Crippen LogP contribution in [0.15, 0.2) is 48.5 Å². The van der Waals surface area contributed by atoms with Crippen molar-refractivity contribution >= 4 is 11.8 Å². The number of aliphatic hydroxyl groups is 1. The van der Waals surface area contributed by atoms with Gasteiger partial charge in [-0.1, -0.05) is 12.1 Å². The van der Waals surface area contributed by atoms with E-state index >= 15 is 0 Å². The number of benzene rings is 2. The van der Waals surface area contributed by atoms with Gasteiger partial charge in [0.2, 0.25) is 0 Å². The van der Waals surface area contributed by atoms with Crippen molar-refractivity contribution in [2.75, 3.05) is 26.2 Å². The van der Waals surface area contributed by atoms with E-state index in [1.807, 2.05) is 0 Å². The summed E-state index contributed by atoms with van der Waals surface area (Å²) in [5.74, 6) is -1.97. The molecule has 7 heteroatoms. The van der Waals surface area contributed by atoms with Gasteiger partial charge in [-0.05, 0) is 36.4 Å². The second-order valence-electron chi connectivity index (χ2n) is 5.29. The Balaban J connectivity index is 1.95. The predicted octanol–water partition coefficient (Wildman–Crippen LogP) is 1.83. The lowest BCUT2D eigenvalue weighted by molar-refractivity contribution is 0.0716. The van der Waals surface area contributed by atoms with E-state index < -0.39 is 23.4 Å². The average Bonchev–Trinajstić information content (AvgIpc) is 2.60. The van der Waals surface area contributed by atoms with E-state index in [2.05, 4.69) is 5.32 Å². The first kappa shape index (κ1) is 18.5. The van der Waals surface area contributed by atoms with Gasteiger partial charge in [-0.2, -0.15) is 0 Å². The Morgan fingerprint density at radius 3 is 2.16 bits per heavy atom. The normalized spacial score (nSPS) is 10.4. The third kappa shape index (κ3) is 5.36. The molecule has 2 rings (SSSR count). The highest BCUT2D eigenvalue weighted by atomic mass is 19.1. The Labute approximate surface area is 143 Å². The van der Waals surface area contributed by atoms with Gasteiger partial charge in [0.05, 0.1) is 6.61 Å². The van der Waals surface area contributed by atoms with Crippen LogP contribution >= 0.6 is 0 Å². The molecule has 0 aliphatic heterocycles. The highest BCUT2D eigenvalue weighted by Gasteiger charge is 2.16. The number of nitrogens with one attached hydrogen (secondary N) is 1. The molecule has 0 radical (unpaired) electrons. The van der Waals surface area contributed by atoms with Crippen LogP contribution in [0.3, 0.4) is 0 Å². The van der Waals surface area contributed by atoms with E-state index in [1.54, 1.807) is 0 Å². The summed E-state index contributed by atoms with van der Waals surface area (Å²) in [6.07, 6.45) is 0. The van der Waals surface area contributed by atoms with Crippen molar-refractivity contribution in [3.05, 3.63) is 71.3 Å². The van der Waals surface area contributed by atoms with Gasteiger partial charge in [-0.3, -0.25) is 9.59 Å². The fourth-order valence-corrected chi connectivity index (χ4v) is 2.28. The van der Waals surface area contributed by atoms with Crippen LogP contribution in [-0.4, -0.2) is 48.1 Å². The molecule has 0 saturated carbocycles. The topological polar surface area (TPSA) is 69.6 Å². The fraction of sp³-hybridized carbons (Fsp3) is 0.222. The number of nitrogens with zero attached hydrogens (tertiary/aromatic N) is 1. The lowest BCUT2D eigenvalue weighted by Crippen LogP contribution is -2.40. The lowest BCUT2D eigenvalue weighted by Gasteiger charge is -2.22. The molecule has 132 valence electrons. The summed E-state index contributed by atoms with van der Waals surface area (Å²) in [7, 11) is 0. The molecular weight excluding hydrogens is 330 g/mol. The number of hydrogen-bond acceptors (Lipinski definition) is 3. The van der Waals surface area contributed by atoms with Gasteiger partial charge in [0, 0.05) is 30.8 Å². The SMILES string of the molecule is O=C(NCCN(CCO)C(=O)c1cccc(F)c1)c1cccc(F)c1. The number of halogens is 2. The number of rotatable bonds is 7. The predicted molar refractivity (Wildman–Crippen MR) is 88.1 cm³/mol. The molecule has 5 nitrogen and oxygen atoms in total. The van der Waals surface area contributed by atoms with Crippen molar-refractivity contribution in [1.29, 1.82) is 0 Å². The summed E-state index contributed by atoms with van der Waals surface area (Å²) >= 11 is 0. The molecule has 2 amide bonds. The van der Waals surface area contributed by atoms with Crippen LogP contribution in [0, 0.1) is 11.6 Å². The second-order valence-corrected chi connectivity index (χ2v) is 5.29. The minimum absolute atomic E-state index is 0.0468. The maximum absolute atomic E-state index is 13.2. The molecule has 0 spiro atoms.